The molecule has 0 aromatic heterocycles. The number of carboxylic acid groups (broad SMARTS) is 1. The smallest absolute Gasteiger partial charge is 0.307 e. The molecule has 2 unspecified atom stereocenters. The number of hydrogen-bond acceptors (Lipinski definition) is 2. The van der Waals surface area contributed by atoms with Crippen molar-refractivity contribution >= 4 is 5.97 Å². The Kier molecular flexibility index (Phi) is 5.13. The predicted molar refractivity (Wildman–Crippen MR) is 56.1 cm³/mol. The summed E-state index contributed by atoms with van der Waals surface area (Å²) in [6.45, 7) is 7.54. The second kappa shape index (κ2) is 5.35. The Bertz CT molecular complexity index is 179. The maximum atomic E-state index is 11.0. The lowest BCUT2D eigenvalue weighted by Gasteiger charge is -2.27. The lowest BCUT2D eigenvalue weighted by molar-refractivity contribution is -0.145. The van der Waals surface area contributed by atoms with E-state index in [4.69, 9.17) is 10.2 Å². The third-order valence-corrected chi connectivity index (χ3v) is 2.46. The minimum Gasteiger partial charge on any atom is -0.481 e. The van der Waals surface area contributed by atoms with Gasteiger partial charge in [-0.25, -0.2) is 0 Å². The summed E-state index contributed by atoms with van der Waals surface area (Å²) >= 11 is 0. The summed E-state index contributed by atoms with van der Waals surface area (Å²) < 4.78 is 0. The minimum absolute atomic E-state index is 0.204. The minimum atomic E-state index is -0.733. The van der Waals surface area contributed by atoms with E-state index in [2.05, 4.69) is 0 Å². The van der Waals surface area contributed by atoms with Crippen molar-refractivity contribution in [2.24, 2.45) is 11.3 Å². The molecule has 3 nitrogen and oxygen atoms in total. The standard InChI is InChI=1S/C11H22O3/c1-8(12)6-5-7-9(10(13)14)11(2,3)4/h8-9,12H,5-7H2,1-4H3,(H,13,14). The van der Waals surface area contributed by atoms with Gasteiger partial charge in [-0.05, 0) is 25.2 Å². The Hall–Kier alpha value is -0.570. The molecule has 2 N–H and O–H groups in total. The van der Waals surface area contributed by atoms with E-state index < -0.39 is 5.97 Å². The number of aliphatic carboxylic acids is 1. The van der Waals surface area contributed by atoms with Gasteiger partial charge in [0.25, 0.3) is 0 Å². The third-order valence-electron chi connectivity index (χ3n) is 2.46. The highest BCUT2D eigenvalue weighted by molar-refractivity contribution is 5.70. The molecular weight excluding hydrogens is 180 g/mol. The molecule has 0 aromatic rings. The highest BCUT2D eigenvalue weighted by atomic mass is 16.4. The molecule has 2 atom stereocenters. The Morgan fingerprint density at radius 2 is 1.79 bits per heavy atom. The van der Waals surface area contributed by atoms with Crippen LogP contribution in [0.25, 0.3) is 0 Å². The van der Waals surface area contributed by atoms with Gasteiger partial charge in [-0.2, -0.15) is 0 Å². The van der Waals surface area contributed by atoms with Crippen LogP contribution in [-0.4, -0.2) is 22.3 Å². The van der Waals surface area contributed by atoms with Crippen molar-refractivity contribution in [2.75, 3.05) is 0 Å². The van der Waals surface area contributed by atoms with E-state index >= 15 is 0 Å². The Labute approximate surface area is 86.1 Å². The van der Waals surface area contributed by atoms with Crippen LogP contribution in [0.5, 0.6) is 0 Å². The number of aliphatic hydroxyl groups excluding tert-OH is 1. The average molecular weight is 202 g/mol. The molecule has 84 valence electrons. The van der Waals surface area contributed by atoms with Crippen LogP contribution in [0, 0.1) is 11.3 Å². The third kappa shape index (κ3) is 5.22. The first-order valence-corrected chi connectivity index (χ1v) is 5.16. The first-order chi connectivity index (χ1) is 6.25. The molecule has 0 aliphatic heterocycles. The van der Waals surface area contributed by atoms with E-state index in [9.17, 15) is 4.79 Å². The Morgan fingerprint density at radius 3 is 2.07 bits per heavy atom. The van der Waals surface area contributed by atoms with Gasteiger partial charge in [-0.3, -0.25) is 4.79 Å². The second-order valence-electron chi connectivity index (χ2n) is 5.04. The van der Waals surface area contributed by atoms with Crippen LogP contribution < -0.4 is 0 Å². The van der Waals surface area contributed by atoms with Crippen molar-refractivity contribution < 1.29 is 15.0 Å². The first-order valence-electron chi connectivity index (χ1n) is 5.16. The van der Waals surface area contributed by atoms with Crippen LogP contribution in [0.3, 0.4) is 0 Å². The van der Waals surface area contributed by atoms with Crippen LogP contribution in [0.2, 0.25) is 0 Å². The first kappa shape index (κ1) is 13.4. The summed E-state index contributed by atoms with van der Waals surface area (Å²) in [4.78, 5) is 11.0. The zero-order valence-corrected chi connectivity index (χ0v) is 9.58. The number of carboxylic acids is 1. The van der Waals surface area contributed by atoms with Gasteiger partial charge >= 0.3 is 5.97 Å². The van der Waals surface area contributed by atoms with E-state index in [0.717, 1.165) is 6.42 Å². The molecule has 14 heavy (non-hydrogen) atoms. The molecule has 0 spiro atoms. The number of rotatable bonds is 5. The van der Waals surface area contributed by atoms with Gasteiger partial charge in [0.1, 0.15) is 0 Å². The van der Waals surface area contributed by atoms with Crippen LogP contribution in [0.15, 0.2) is 0 Å². The summed E-state index contributed by atoms with van der Waals surface area (Å²) in [6, 6.07) is 0. The van der Waals surface area contributed by atoms with Crippen molar-refractivity contribution in [3.05, 3.63) is 0 Å². The summed E-state index contributed by atoms with van der Waals surface area (Å²) in [5.74, 6) is -1.05. The lowest BCUT2D eigenvalue weighted by Crippen LogP contribution is -2.28. The molecule has 3 heteroatoms. The van der Waals surface area contributed by atoms with E-state index in [-0.39, 0.29) is 17.4 Å². The molecule has 0 saturated carbocycles. The Balaban J connectivity index is 4.07. The highest BCUT2D eigenvalue weighted by Gasteiger charge is 2.30. The number of hydrogen-bond donors (Lipinski definition) is 2. The molecule has 0 saturated heterocycles. The summed E-state index contributed by atoms with van der Waals surface area (Å²) in [5.41, 5.74) is -0.204. The molecule has 0 amide bonds. The van der Waals surface area contributed by atoms with Crippen molar-refractivity contribution in [2.45, 2.75) is 53.1 Å². The molecule has 0 rings (SSSR count). The average Bonchev–Trinajstić information content (AvgIpc) is 1.94. The van der Waals surface area contributed by atoms with Gasteiger partial charge in [0, 0.05) is 0 Å². The normalized spacial score (nSPS) is 16.4. The van der Waals surface area contributed by atoms with E-state index in [1.54, 1.807) is 6.92 Å². The van der Waals surface area contributed by atoms with E-state index in [1.165, 1.54) is 0 Å². The Morgan fingerprint density at radius 1 is 1.29 bits per heavy atom. The summed E-state index contributed by atoms with van der Waals surface area (Å²) in [5, 5.41) is 18.1. The molecule has 0 aromatic carbocycles. The molecule has 0 aliphatic rings. The zero-order chi connectivity index (χ0) is 11.4. The fraction of sp³-hybridized carbons (Fsp3) is 0.909. The largest absolute Gasteiger partial charge is 0.481 e. The van der Waals surface area contributed by atoms with Crippen molar-refractivity contribution in [1.82, 2.24) is 0 Å². The van der Waals surface area contributed by atoms with Crippen LogP contribution in [0.4, 0.5) is 0 Å². The predicted octanol–water partition coefficient (Wildman–Crippen LogP) is 2.28. The quantitative estimate of drug-likeness (QED) is 0.719. The van der Waals surface area contributed by atoms with Gasteiger partial charge in [0.05, 0.1) is 12.0 Å². The molecule has 0 heterocycles. The van der Waals surface area contributed by atoms with Gasteiger partial charge < -0.3 is 10.2 Å². The van der Waals surface area contributed by atoms with E-state index in [0.29, 0.717) is 12.8 Å². The van der Waals surface area contributed by atoms with Gasteiger partial charge in [-0.15, -0.1) is 0 Å². The van der Waals surface area contributed by atoms with Crippen molar-refractivity contribution in [3.8, 4) is 0 Å². The van der Waals surface area contributed by atoms with Crippen molar-refractivity contribution in [3.63, 3.8) is 0 Å². The maximum absolute atomic E-state index is 11.0. The second-order valence-corrected chi connectivity index (χ2v) is 5.04. The number of carbonyl (C=O) groups is 1. The SMILES string of the molecule is CC(O)CCCC(C(=O)O)C(C)(C)C. The molecule has 0 bridgehead atoms. The van der Waals surface area contributed by atoms with Gasteiger partial charge in [0.2, 0.25) is 0 Å². The fourth-order valence-corrected chi connectivity index (χ4v) is 1.54. The highest BCUT2D eigenvalue weighted by Crippen LogP contribution is 2.30. The molecule has 0 fully saturated rings. The maximum Gasteiger partial charge on any atom is 0.307 e. The van der Waals surface area contributed by atoms with Crippen LogP contribution in [-0.2, 0) is 4.79 Å². The molecule has 0 aliphatic carbocycles. The summed E-state index contributed by atoms with van der Waals surface area (Å²) in [7, 11) is 0. The van der Waals surface area contributed by atoms with Gasteiger partial charge in [-0.1, -0.05) is 27.2 Å². The topological polar surface area (TPSA) is 57.5 Å². The van der Waals surface area contributed by atoms with E-state index in [1.807, 2.05) is 20.8 Å². The van der Waals surface area contributed by atoms with Gasteiger partial charge in [0.15, 0.2) is 0 Å². The summed E-state index contributed by atoms with van der Waals surface area (Å²) in [6.07, 6.45) is 1.76. The molecular formula is C11H22O3. The monoisotopic (exact) mass is 202 g/mol. The van der Waals surface area contributed by atoms with Crippen LogP contribution >= 0.6 is 0 Å². The lowest BCUT2D eigenvalue weighted by atomic mass is 9.78. The fourth-order valence-electron chi connectivity index (χ4n) is 1.54. The van der Waals surface area contributed by atoms with Crippen molar-refractivity contribution in [1.29, 1.82) is 0 Å². The number of aliphatic hydroxyl groups is 1. The van der Waals surface area contributed by atoms with Crippen LogP contribution in [0.1, 0.15) is 47.0 Å². The molecule has 0 radical (unpaired) electrons. The zero-order valence-electron chi connectivity index (χ0n) is 9.58.